The third-order valence-corrected chi connectivity index (χ3v) is 7.87. The quantitative estimate of drug-likeness (QED) is 0.638. The van der Waals surface area contributed by atoms with E-state index in [2.05, 4.69) is 51.5 Å². The van der Waals surface area contributed by atoms with Gasteiger partial charge in [0.15, 0.2) is 0 Å². The largest absolute Gasteiger partial charge is 0.490 e. The second-order valence-corrected chi connectivity index (χ2v) is 10.3. The minimum atomic E-state index is 0.357. The molecular weight excluding hydrogens is 408 g/mol. The summed E-state index contributed by atoms with van der Waals surface area (Å²) in [6, 6.07) is 17.3. The average molecular weight is 449 g/mol. The van der Waals surface area contributed by atoms with Crippen LogP contribution < -0.4 is 20.7 Å². The summed E-state index contributed by atoms with van der Waals surface area (Å²) >= 11 is 0. The van der Waals surface area contributed by atoms with Crippen LogP contribution >= 0.6 is 0 Å². The molecular formula is C28H40N4O. The fourth-order valence-electron chi connectivity index (χ4n) is 5.78. The number of piperidine rings is 3. The molecule has 33 heavy (non-hydrogen) atoms. The zero-order chi connectivity index (χ0) is 22.5. The van der Waals surface area contributed by atoms with Gasteiger partial charge in [-0.05, 0) is 98.9 Å². The minimum absolute atomic E-state index is 0.357. The molecule has 178 valence electrons. The van der Waals surface area contributed by atoms with Crippen LogP contribution in [0.15, 0.2) is 48.5 Å². The fourth-order valence-corrected chi connectivity index (χ4v) is 5.78. The molecule has 3 N–H and O–H groups in total. The normalized spacial score (nSPS) is 23.5. The van der Waals surface area contributed by atoms with Crippen LogP contribution in [0.5, 0.6) is 5.75 Å². The molecule has 0 amide bonds. The lowest BCUT2D eigenvalue weighted by Gasteiger charge is -2.38. The molecule has 5 rings (SSSR count). The molecule has 3 heterocycles. The maximum Gasteiger partial charge on any atom is 0.119 e. The summed E-state index contributed by atoms with van der Waals surface area (Å²) in [5, 5.41) is 3.52. The summed E-state index contributed by atoms with van der Waals surface area (Å²) in [5.74, 6) is 2.51. The van der Waals surface area contributed by atoms with E-state index in [4.69, 9.17) is 10.5 Å². The standard InChI is InChI=1S/C28H40N4O/c29-25-5-7-26(8-6-25)32-18-11-22(12-19-32)21-31-16-13-28(14-17-31)33-27-9-3-23(4-10-27)24-2-1-15-30-20-24/h3-10,22,24,28,30H,1-2,11-21,29H2. The number of nitrogen functional groups attached to an aromatic ring is 1. The van der Waals surface area contributed by atoms with Gasteiger partial charge in [0, 0.05) is 50.6 Å². The molecule has 5 nitrogen and oxygen atoms in total. The van der Waals surface area contributed by atoms with Crippen LogP contribution in [0.3, 0.4) is 0 Å². The zero-order valence-corrected chi connectivity index (χ0v) is 19.9. The molecule has 1 atom stereocenters. The van der Waals surface area contributed by atoms with E-state index in [1.807, 2.05) is 12.1 Å². The van der Waals surface area contributed by atoms with E-state index < -0.39 is 0 Å². The van der Waals surface area contributed by atoms with Crippen molar-refractivity contribution in [3.63, 3.8) is 0 Å². The van der Waals surface area contributed by atoms with Crippen molar-refractivity contribution in [3.05, 3.63) is 54.1 Å². The molecule has 0 aliphatic carbocycles. The summed E-state index contributed by atoms with van der Waals surface area (Å²) < 4.78 is 6.35. The molecule has 1 unspecified atom stereocenters. The summed E-state index contributed by atoms with van der Waals surface area (Å²) in [4.78, 5) is 5.18. The lowest BCUT2D eigenvalue weighted by molar-refractivity contribution is 0.0881. The van der Waals surface area contributed by atoms with Crippen LogP contribution in [0, 0.1) is 5.92 Å². The van der Waals surface area contributed by atoms with Gasteiger partial charge in [-0.25, -0.2) is 0 Å². The third-order valence-electron chi connectivity index (χ3n) is 7.87. The molecule has 2 aromatic carbocycles. The van der Waals surface area contributed by atoms with Gasteiger partial charge >= 0.3 is 0 Å². The number of likely N-dealkylation sites (tertiary alicyclic amines) is 1. The van der Waals surface area contributed by atoms with Crippen LogP contribution in [0.2, 0.25) is 0 Å². The van der Waals surface area contributed by atoms with Crippen molar-refractivity contribution in [2.75, 3.05) is 56.4 Å². The molecule has 0 aromatic heterocycles. The zero-order valence-electron chi connectivity index (χ0n) is 19.9. The number of hydrogen-bond donors (Lipinski definition) is 2. The Morgan fingerprint density at radius 1 is 0.848 bits per heavy atom. The smallest absolute Gasteiger partial charge is 0.119 e. The highest BCUT2D eigenvalue weighted by Crippen LogP contribution is 2.28. The summed E-state index contributed by atoms with van der Waals surface area (Å²) in [6.45, 7) is 8.15. The van der Waals surface area contributed by atoms with E-state index in [1.165, 1.54) is 50.0 Å². The van der Waals surface area contributed by atoms with Crippen LogP contribution in [0.4, 0.5) is 11.4 Å². The first-order valence-corrected chi connectivity index (χ1v) is 13.0. The first-order chi connectivity index (χ1) is 16.2. The Morgan fingerprint density at radius 3 is 2.24 bits per heavy atom. The second kappa shape index (κ2) is 10.8. The van der Waals surface area contributed by atoms with Gasteiger partial charge in [0.05, 0.1) is 0 Å². The predicted molar refractivity (Wildman–Crippen MR) is 137 cm³/mol. The molecule has 3 aliphatic heterocycles. The topological polar surface area (TPSA) is 53.8 Å². The van der Waals surface area contributed by atoms with E-state index in [-0.39, 0.29) is 0 Å². The number of anilines is 2. The Bertz CT molecular complexity index is 846. The molecule has 3 aliphatic rings. The minimum Gasteiger partial charge on any atom is -0.490 e. The van der Waals surface area contributed by atoms with Crippen molar-refractivity contribution < 1.29 is 4.74 Å². The van der Waals surface area contributed by atoms with Gasteiger partial charge in [0.1, 0.15) is 11.9 Å². The Labute approximate surface area is 199 Å². The monoisotopic (exact) mass is 448 g/mol. The Morgan fingerprint density at radius 2 is 1.58 bits per heavy atom. The van der Waals surface area contributed by atoms with Gasteiger partial charge in [-0.15, -0.1) is 0 Å². The number of rotatable bonds is 6. The molecule has 5 heteroatoms. The number of nitrogens with zero attached hydrogens (tertiary/aromatic N) is 2. The number of nitrogens with one attached hydrogen (secondary N) is 1. The fraction of sp³-hybridized carbons (Fsp3) is 0.571. The Hall–Kier alpha value is -2.24. The van der Waals surface area contributed by atoms with Gasteiger partial charge in [-0.1, -0.05) is 12.1 Å². The molecule has 3 saturated heterocycles. The van der Waals surface area contributed by atoms with E-state index >= 15 is 0 Å². The third kappa shape index (κ3) is 6.01. The van der Waals surface area contributed by atoms with E-state index in [0.717, 1.165) is 62.9 Å². The van der Waals surface area contributed by atoms with Crippen molar-refractivity contribution in [2.45, 2.75) is 50.5 Å². The Kier molecular flexibility index (Phi) is 7.37. The number of hydrogen-bond acceptors (Lipinski definition) is 5. The number of nitrogens with two attached hydrogens (primary N) is 1. The highest BCUT2D eigenvalue weighted by atomic mass is 16.5. The summed E-state index contributed by atoms with van der Waals surface area (Å²) in [6.07, 6.45) is 7.77. The van der Waals surface area contributed by atoms with Crippen LogP contribution in [0.1, 0.15) is 50.0 Å². The molecule has 0 bridgehead atoms. The molecule has 3 fully saturated rings. The Balaban J connectivity index is 1.02. The average Bonchev–Trinajstić information content (AvgIpc) is 2.87. The van der Waals surface area contributed by atoms with Crippen LogP contribution in [-0.4, -0.2) is 56.8 Å². The van der Waals surface area contributed by atoms with E-state index in [1.54, 1.807) is 0 Å². The first kappa shape index (κ1) is 22.5. The van der Waals surface area contributed by atoms with E-state index in [0.29, 0.717) is 12.0 Å². The van der Waals surface area contributed by atoms with Crippen molar-refractivity contribution in [2.24, 2.45) is 5.92 Å². The molecule has 0 saturated carbocycles. The molecule has 0 spiro atoms. The van der Waals surface area contributed by atoms with Gasteiger partial charge in [0.2, 0.25) is 0 Å². The summed E-state index contributed by atoms with van der Waals surface area (Å²) in [5.41, 5.74) is 9.44. The maximum atomic E-state index is 6.35. The SMILES string of the molecule is Nc1ccc(N2CCC(CN3CCC(Oc4ccc(C5CCCNC5)cc4)CC3)CC2)cc1. The van der Waals surface area contributed by atoms with Gasteiger partial charge < -0.3 is 25.6 Å². The predicted octanol–water partition coefficient (Wildman–Crippen LogP) is 4.50. The van der Waals surface area contributed by atoms with Gasteiger partial charge in [0.25, 0.3) is 0 Å². The highest BCUT2D eigenvalue weighted by molar-refractivity contribution is 5.53. The van der Waals surface area contributed by atoms with Crippen molar-refractivity contribution in [1.82, 2.24) is 10.2 Å². The van der Waals surface area contributed by atoms with Crippen LogP contribution in [-0.2, 0) is 0 Å². The van der Waals surface area contributed by atoms with Gasteiger partial charge in [-0.2, -0.15) is 0 Å². The van der Waals surface area contributed by atoms with Crippen molar-refractivity contribution >= 4 is 11.4 Å². The lowest BCUT2D eigenvalue weighted by Crippen LogP contribution is -2.43. The van der Waals surface area contributed by atoms with Gasteiger partial charge in [-0.3, -0.25) is 0 Å². The lowest BCUT2D eigenvalue weighted by atomic mass is 9.92. The molecule has 2 aromatic rings. The van der Waals surface area contributed by atoms with Crippen LogP contribution in [0.25, 0.3) is 0 Å². The first-order valence-electron chi connectivity index (χ1n) is 13.0. The molecule has 0 radical (unpaired) electrons. The van der Waals surface area contributed by atoms with Crippen molar-refractivity contribution in [1.29, 1.82) is 0 Å². The second-order valence-electron chi connectivity index (χ2n) is 10.3. The van der Waals surface area contributed by atoms with Crippen molar-refractivity contribution in [3.8, 4) is 5.75 Å². The summed E-state index contributed by atoms with van der Waals surface area (Å²) in [7, 11) is 0. The highest BCUT2D eigenvalue weighted by Gasteiger charge is 2.25. The maximum absolute atomic E-state index is 6.35. The van der Waals surface area contributed by atoms with E-state index in [9.17, 15) is 0 Å². The number of ether oxygens (including phenoxy) is 1. The number of benzene rings is 2.